The molecular formula is C16H16ClN. The zero-order chi connectivity index (χ0) is 12.4. The maximum atomic E-state index is 5.82. The molecule has 0 spiro atoms. The van der Waals surface area contributed by atoms with Crippen LogP contribution < -0.4 is 4.90 Å². The number of hydrogen-bond acceptors (Lipinski definition) is 1. The normalized spacial score (nSPS) is 14.4. The van der Waals surface area contributed by atoms with E-state index in [0.717, 1.165) is 19.5 Å². The van der Waals surface area contributed by atoms with Crippen molar-refractivity contribution in [2.45, 2.75) is 18.8 Å². The summed E-state index contributed by atoms with van der Waals surface area (Å²) in [7, 11) is 0. The predicted octanol–water partition coefficient (Wildman–Crippen LogP) is 3.99. The minimum atomic E-state index is 0.586. The van der Waals surface area contributed by atoms with Crippen LogP contribution in [0.2, 0.25) is 0 Å². The SMILES string of the molecule is ClCc1ccc(N2CCc3ccccc3C2)cc1. The van der Waals surface area contributed by atoms with Crippen LogP contribution in [-0.2, 0) is 18.8 Å². The van der Waals surface area contributed by atoms with Gasteiger partial charge in [-0.2, -0.15) is 0 Å². The van der Waals surface area contributed by atoms with Gasteiger partial charge in [0.15, 0.2) is 0 Å². The van der Waals surface area contributed by atoms with Gasteiger partial charge >= 0.3 is 0 Å². The van der Waals surface area contributed by atoms with Gasteiger partial charge in [-0.25, -0.2) is 0 Å². The molecule has 1 aliphatic rings. The summed E-state index contributed by atoms with van der Waals surface area (Å²) >= 11 is 5.82. The molecule has 2 heteroatoms. The van der Waals surface area contributed by atoms with Crippen molar-refractivity contribution in [2.75, 3.05) is 11.4 Å². The first-order valence-electron chi connectivity index (χ1n) is 6.33. The van der Waals surface area contributed by atoms with Crippen LogP contribution in [0.5, 0.6) is 0 Å². The van der Waals surface area contributed by atoms with Crippen molar-refractivity contribution < 1.29 is 0 Å². The van der Waals surface area contributed by atoms with Gasteiger partial charge in [0, 0.05) is 24.7 Å². The highest BCUT2D eigenvalue weighted by atomic mass is 35.5. The van der Waals surface area contributed by atoms with Crippen molar-refractivity contribution in [3.8, 4) is 0 Å². The fourth-order valence-electron chi connectivity index (χ4n) is 2.51. The summed E-state index contributed by atoms with van der Waals surface area (Å²) in [5.41, 5.74) is 5.41. The zero-order valence-corrected chi connectivity index (χ0v) is 11.0. The van der Waals surface area contributed by atoms with E-state index in [9.17, 15) is 0 Å². The third kappa shape index (κ3) is 2.23. The average molecular weight is 258 g/mol. The molecule has 18 heavy (non-hydrogen) atoms. The Bertz CT molecular complexity index is 533. The lowest BCUT2D eigenvalue weighted by Gasteiger charge is -2.30. The number of halogens is 1. The van der Waals surface area contributed by atoms with Crippen molar-refractivity contribution >= 4 is 17.3 Å². The molecular weight excluding hydrogens is 242 g/mol. The van der Waals surface area contributed by atoms with Crippen molar-refractivity contribution in [3.63, 3.8) is 0 Å². The number of benzene rings is 2. The molecule has 2 aromatic rings. The number of nitrogens with zero attached hydrogens (tertiary/aromatic N) is 1. The van der Waals surface area contributed by atoms with Crippen LogP contribution >= 0.6 is 11.6 Å². The Morgan fingerprint density at radius 1 is 0.944 bits per heavy atom. The lowest BCUT2D eigenvalue weighted by atomic mass is 9.99. The highest BCUT2D eigenvalue weighted by Gasteiger charge is 2.15. The maximum absolute atomic E-state index is 5.82. The summed E-state index contributed by atoms with van der Waals surface area (Å²) in [5, 5.41) is 0. The van der Waals surface area contributed by atoms with Gasteiger partial charge in [0.05, 0.1) is 0 Å². The topological polar surface area (TPSA) is 3.24 Å². The molecule has 1 nitrogen and oxygen atoms in total. The molecule has 0 atom stereocenters. The molecule has 0 aliphatic carbocycles. The average Bonchev–Trinajstić information content (AvgIpc) is 2.47. The van der Waals surface area contributed by atoms with Gasteiger partial charge in [-0.05, 0) is 35.2 Å². The van der Waals surface area contributed by atoms with Gasteiger partial charge in [0.25, 0.3) is 0 Å². The third-order valence-corrected chi connectivity index (χ3v) is 3.90. The molecule has 3 rings (SSSR count). The molecule has 2 aromatic carbocycles. The van der Waals surface area contributed by atoms with Crippen LogP contribution in [0.3, 0.4) is 0 Å². The second-order valence-corrected chi connectivity index (χ2v) is 5.01. The second kappa shape index (κ2) is 5.03. The minimum Gasteiger partial charge on any atom is -0.367 e. The van der Waals surface area contributed by atoms with Gasteiger partial charge in [-0.1, -0.05) is 36.4 Å². The molecule has 0 radical (unpaired) electrons. The first-order valence-corrected chi connectivity index (χ1v) is 6.87. The lowest BCUT2D eigenvalue weighted by molar-refractivity contribution is 0.731. The summed E-state index contributed by atoms with van der Waals surface area (Å²) < 4.78 is 0. The van der Waals surface area contributed by atoms with Crippen molar-refractivity contribution in [3.05, 3.63) is 65.2 Å². The van der Waals surface area contributed by atoms with Crippen LogP contribution in [-0.4, -0.2) is 6.54 Å². The van der Waals surface area contributed by atoms with E-state index in [1.165, 1.54) is 22.4 Å². The highest BCUT2D eigenvalue weighted by molar-refractivity contribution is 6.17. The Labute approximate surface area is 113 Å². The molecule has 1 aliphatic heterocycles. The van der Waals surface area contributed by atoms with E-state index in [4.69, 9.17) is 11.6 Å². The standard InChI is InChI=1S/C16H16ClN/c17-11-13-5-7-16(8-6-13)18-10-9-14-3-1-2-4-15(14)12-18/h1-8H,9-12H2. The molecule has 0 bridgehead atoms. The molecule has 0 fully saturated rings. The van der Waals surface area contributed by atoms with E-state index < -0.39 is 0 Å². The van der Waals surface area contributed by atoms with E-state index in [1.807, 2.05) is 0 Å². The van der Waals surface area contributed by atoms with Crippen LogP contribution in [0, 0.1) is 0 Å². The quantitative estimate of drug-likeness (QED) is 0.736. The summed E-state index contributed by atoms with van der Waals surface area (Å²) in [6.07, 6.45) is 1.13. The molecule has 1 heterocycles. The second-order valence-electron chi connectivity index (χ2n) is 4.74. The fourth-order valence-corrected chi connectivity index (χ4v) is 2.69. The van der Waals surface area contributed by atoms with Crippen molar-refractivity contribution in [1.82, 2.24) is 0 Å². The number of fused-ring (bicyclic) bond motifs is 1. The maximum Gasteiger partial charge on any atom is 0.0474 e. The molecule has 0 saturated carbocycles. The van der Waals surface area contributed by atoms with Gasteiger partial charge in [-0.3, -0.25) is 0 Å². The molecule has 0 aromatic heterocycles. The monoisotopic (exact) mass is 257 g/mol. The zero-order valence-electron chi connectivity index (χ0n) is 10.3. The van der Waals surface area contributed by atoms with Gasteiger partial charge in [0.1, 0.15) is 0 Å². The minimum absolute atomic E-state index is 0.586. The summed E-state index contributed by atoms with van der Waals surface area (Å²) in [6, 6.07) is 17.3. The van der Waals surface area contributed by atoms with Gasteiger partial charge < -0.3 is 4.90 Å². The largest absolute Gasteiger partial charge is 0.367 e. The number of anilines is 1. The van der Waals surface area contributed by atoms with Crippen LogP contribution in [0.15, 0.2) is 48.5 Å². The number of alkyl halides is 1. The van der Waals surface area contributed by atoms with E-state index >= 15 is 0 Å². The highest BCUT2D eigenvalue weighted by Crippen LogP contribution is 2.24. The Morgan fingerprint density at radius 3 is 2.39 bits per heavy atom. The van der Waals surface area contributed by atoms with Gasteiger partial charge in [0.2, 0.25) is 0 Å². The number of rotatable bonds is 2. The summed E-state index contributed by atoms with van der Waals surface area (Å²) in [4.78, 5) is 2.43. The van der Waals surface area contributed by atoms with Crippen LogP contribution in [0.25, 0.3) is 0 Å². The van der Waals surface area contributed by atoms with Crippen molar-refractivity contribution in [2.24, 2.45) is 0 Å². The molecule has 0 unspecified atom stereocenters. The summed E-state index contributed by atoms with van der Waals surface area (Å²) in [5.74, 6) is 0.586. The lowest BCUT2D eigenvalue weighted by Crippen LogP contribution is -2.30. The van der Waals surface area contributed by atoms with E-state index in [1.54, 1.807) is 0 Å². The van der Waals surface area contributed by atoms with Gasteiger partial charge in [-0.15, -0.1) is 11.6 Å². The van der Waals surface area contributed by atoms with E-state index in [-0.39, 0.29) is 0 Å². The Balaban J connectivity index is 1.82. The molecule has 0 saturated heterocycles. The smallest absolute Gasteiger partial charge is 0.0474 e. The number of hydrogen-bond donors (Lipinski definition) is 0. The molecule has 92 valence electrons. The van der Waals surface area contributed by atoms with E-state index in [0.29, 0.717) is 5.88 Å². The molecule has 0 amide bonds. The Hall–Kier alpha value is -1.47. The summed E-state index contributed by atoms with van der Waals surface area (Å²) in [6.45, 7) is 2.10. The predicted molar refractivity (Wildman–Crippen MR) is 77.2 cm³/mol. The first-order chi connectivity index (χ1) is 8.86. The van der Waals surface area contributed by atoms with Crippen LogP contribution in [0.4, 0.5) is 5.69 Å². The third-order valence-electron chi connectivity index (χ3n) is 3.59. The van der Waals surface area contributed by atoms with E-state index in [2.05, 4.69) is 53.4 Å². The fraction of sp³-hybridized carbons (Fsp3) is 0.250. The Morgan fingerprint density at radius 2 is 1.67 bits per heavy atom. The van der Waals surface area contributed by atoms with Crippen molar-refractivity contribution in [1.29, 1.82) is 0 Å². The Kier molecular flexibility index (Phi) is 3.24. The first kappa shape index (κ1) is 11.6. The van der Waals surface area contributed by atoms with Crippen LogP contribution in [0.1, 0.15) is 16.7 Å². The molecule has 0 N–H and O–H groups in total.